The van der Waals surface area contributed by atoms with Crippen molar-refractivity contribution in [1.29, 1.82) is 0 Å². The molecule has 1 unspecified atom stereocenters. The van der Waals surface area contributed by atoms with E-state index in [2.05, 4.69) is 4.98 Å². The number of hydrogen-bond donors (Lipinski definition) is 2. The summed E-state index contributed by atoms with van der Waals surface area (Å²) in [5.41, 5.74) is 3.63. The summed E-state index contributed by atoms with van der Waals surface area (Å²) in [5, 5.41) is 19.5. The molecule has 1 fully saturated rings. The molecule has 1 atom stereocenters. The van der Waals surface area contributed by atoms with Crippen LogP contribution in [0.25, 0.3) is 0 Å². The SMILES string of the molecule is NC1(C(=O)O)CCN(C(=O)c2cc([N+](=O)[O-])cnc2Cl)C1. The van der Waals surface area contributed by atoms with Gasteiger partial charge in [0, 0.05) is 19.2 Å². The highest BCUT2D eigenvalue weighted by Gasteiger charge is 2.43. The first-order valence-electron chi connectivity index (χ1n) is 5.86. The largest absolute Gasteiger partial charge is 0.480 e. The van der Waals surface area contributed by atoms with Crippen LogP contribution in [0.15, 0.2) is 12.3 Å². The molecular formula is C11H11ClN4O5. The summed E-state index contributed by atoms with van der Waals surface area (Å²) < 4.78 is 0. The molecule has 3 N–H and O–H groups in total. The summed E-state index contributed by atoms with van der Waals surface area (Å²) in [6.07, 6.45) is 1.03. The predicted octanol–water partition coefficient (Wildman–Crippen LogP) is 0.271. The molecule has 112 valence electrons. The van der Waals surface area contributed by atoms with E-state index in [0.717, 1.165) is 12.3 Å². The molecule has 2 rings (SSSR count). The normalized spacial score (nSPS) is 21.3. The average Bonchev–Trinajstić information content (AvgIpc) is 2.82. The second kappa shape index (κ2) is 5.26. The van der Waals surface area contributed by atoms with Crippen LogP contribution in [0.2, 0.25) is 5.15 Å². The first kappa shape index (κ1) is 15.1. The first-order chi connectivity index (χ1) is 9.74. The van der Waals surface area contributed by atoms with Gasteiger partial charge in [-0.25, -0.2) is 4.98 Å². The Hall–Kier alpha value is -2.26. The minimum Gasteiger partial charge on any atom is -0.480 e. The molecule has 1 aromatic rings. The van der Waals surface area contributed by atoms with E-state index in [9.17, 15) is 19.7 Å². The Morgan fingerprint density at radius 1 is 1.57 bits per heavy atom. The van der Waals surface area contributed by atoms with E-state index in [4.69, 9.17) is 22.4 Å². The average molecular weight is 315 g/mol. The van der Waals surface area contributed by atoms with Crippen molar-refractivity contribution in [2.75, 3.05) is 13.1 Å². The molecule has 1 aromatic heterocycles. The van der Waals surface area contributed by atoms with Crippen LogP contribution in [0.5, 0.6) is 0 Å². The summed E-state index contributed by atoms with van der Waals surface area (Å²) >= 11 is 5.78. The number of carbonyl (C=O) groups is 2. The number of hydrogen-bond acceptors (Lipinski definition) is 6. The minimum atomic E-state index is -1.52. The number of aliphatic carboxylic acids is 1. The van der Waals surface area contributed by atoms with Crippen LogP contribution < -0.4 is 5.73 Å². The number of nitrogens with zero attached hydrogens (tertiary/aromatic N) is 3. The van der Waals surface area contributed by atoms with Crippen LogP contribution in [0.1, 0.15) is 16.8 Å². The smallest absolute Gasteiger partial charge is 0.325 e. The van der Waals surface area contributed by atoms with Gasteiger partial charge in [0.25, 0.3) is 11.6 Å². The lowest BCUT2D eigenvalue weighted by atomic mass is 10.0. The Morgan fingerprint density at radius 2 is 2.24 bits per heavy atom. The van der Waals surface area contributed by atoms with Crippen molar-refractivity contribution in [3.05, 3.63) is 33.1 Å². The van der Waals surface area contributed by atoms with Gasteiger partial charge in [-0.2, -0.15) is 0 Å². The Morgan fingerprint density at radius 3 is 2.76 bits per heavy atom. The topological polar surface area (TPSA) is 140 Å². The zero-order valence-electron chi connectivity index (χ0n) is 10.7. The van der Waals surface area contributed by atoms with Gasteiger partial charge in [-0.15, -0.1) is 0 Å². The Kier molecular flexibility index (Phi) is 3.79. The van der Waals surface area contributed by atoms with Gasteiger partial charge in [-0.1, -0.05) is 11.6 Å². The van der Waals surface area contributed by atoms with Crippen molar-refractivity contribution in [2.45, 2.75) is 12.0 Å². The Balaban J connectivity index is 2.28. The standard InChI is InChI=1S/C11H11ClN4O5/c12-8-7(3-6(4-14-8)16(20)21)9(17)15-2-1-11(13,5-15)10(18)19/h3-4H,1-2,5,13H2,(H,18,19). The van der Waals surface area contributed by atoms with E-state index in [0.29, 0.717) is 0 Å². The molecule has 0 saturated carbocycles. The van der Waals surface area contributed by atoms with Gasteiger partial charge in [-0.05, 0) is 6.42 Å². The van der Waals surface area contributed by atoms with Gasteiger partial charge in [0.15, 0.2) is 0 Å². The zero-order valence-corrected chi connectivity index (χ0v) is 11.4. The fourth-order valence-corrected chi connectivity index (χ4v) is 2.22. The predicted molar refractivity (Wildman–Crippen MR) is 71.0 cm³/mol. The van der Waals surface area contributed by atoms with Crippen molar-refractivity contribution < 1.29 is 19.6 Å². The van der Waals surface area contributed by atoms with Gasteiger partial charge in [-0.3, -0.25) is 19.7 Å². The first-order valence-corrected chi connectivity index (χ1v) is 6.24. The molecule has 10 heteroatoms. The number of carbonyl (C=O) groups excluding carboxylic acids is 1. The summed E-state index contributed by atoms with van der Waals surface area (Å²) in [6.45, 7) is -0.0686. The molecule has 1 saturated heterocycles. The minimum absolute atomic E-state index is 0.0913. The Labute approximate surface area is 123 Å². The van der Waals surface area contributed by atoms with Crippen LogP contribution in [-0.2, 0) is 4.79 Å². The maximum Gasteiger partial charge on any atom is 0.325 e. The fourth-order valence-electron chi connectivity index (χ4n) is 2.04. The number of likely N-dealkylation sites (tertiary alicyclic amines) is 1. The maximum atomic E-state index is 12.3. The third-order valence-electron chi connectivity index (χ3n) is 3.28. The number of carboxylic acid groups (broad SMARTS) is 1. The van der Waals surface area contributed by atoms with Gasteiger partial charge >= 0.3 is 5.97 Å². The zero-order chi connectivity index (χ0) is 15.8. The summed E-state index contributed by atoms with van der Waals surface area (Å²) in [7, 11) is 0. The molecule has 1 aliphatic rings. The summed E-state index contributed by atoms with van der Waals surface area (Å²) in [6, 6.07) is 1.01. The lowest BCUT2D eigenvalue weighted by Crippen LogP contribution is -2.50. The van der Waals surface area contributed by atoms with E-state index in [1.165, 1.54) is 4.90 Å². The van der Waals surface area contributed by atoms with Crippen LogP contribution in [0.3, 0.4) is 0 Å². The highest BCUT2D eigenvalue weighted by molar-refractivity contribution is 6.32. The molecule has 0 radical (unpaired) electrons. The highest BCUT2D eigenvalue weighted by atomic mass is 35.5. The highest BCUT2D eigenvalue weighted by Crippen LogP contribution is 2.25. The van der Waals surface area contributed by atoms with Gasteiger partial charge in [0.2, 0.25) is 0 Å². The van der Waals surface area contributed by atoms with Crippen molar-refractivity contribution in [3.8, 4) is 0 Å². The molecule has 0 aliphatic carbocycles. The second-order valence-corrected chi connectivity index (χ2v) is 5.09. The van der Waals surface area contributed by atoms with Crippen LogP contribution >= 0.6 is 11.6 Å². The van der Waals surface area contributed by atoms with Gasteiger partial charge < -0.3 is 15.7 Å². The van der Waals surface area contributed by atoms with Crippen molar-refractivity contribution in [2.24, 2.45) is 5.73 Å². The molecule has 21 heavy (non-hydrogen) atoms. The summed E-state index contributed by atoms with van der Waals surface area (Å²) in [5.74, 6) is -1.84. The van der Waals surface area contributed by atoms with Crippen LogP contribution in [0, 0.1) is 10.1 Å². The number of nitrogens with two attached hydrogens (primary N) is 1. The van der Waals surface area contributed by atoms with Gasteiger partial charge in [0.05, 0.1) is 10.5 Å². The Bertz CT molecular complexity index is 637. The van der Waals surface area contributed by atoms with E-state index in [1.807, 2.05) is 0 Å². The van der Waals surface area contributed by atoms with E-state index in [-0.39, 0.29) is 35.9 Å². The molecule has 0 bridgehead atoms. The molecule has 0 aromatic carbocycles. The molecule has 2 heterocycles. The van der Waals surface area contributed by atoms with Crippen LogP contribution in [-0.4, -0.2) is 50.4 Å². The number of pyridine rings is 1. The monoisotopic (exact) mass is 314 g/mol. The van der Waals surface area contributed by atoms with Crippen molar-refractivity contribution in [1.82, 2.24) is 9.88 Å². The van der Waals surface area contributed by atoms with Crippen molar-refractivity contribution in [3.63, 3.8) is 0 Å². The number of rotatable bonds is 3. The van der Waals surface area contributed by atoms with Gasteiger partial charge in [0.1, 0.15) is 16.9 Å². The lowest BCUT2D eigenvalue weighted by molar-refractivity contribution is -0.385. The number of amides is 1. The number of nitro groups is 1. The quantitative estimate of drug-likeness (QED) is 0.463. The van der Waals surface area contributed by atoms with E-state index in [1.54, 1.807) is 0 Å². The molecule has 9 nitrogen and oxygen atoms in total. The van der Waals surface area contributed by atoms with E-state index < -0.39 is 22.3 Å². The lowest BCUT2D eigenvalue weighted by Gasteiger charge is -2.20. The number of aromatic nitrogens is 1. The molecular weight excluding hydrogens is 304 g/mol. The third-order valence-corrected chi connectivity index (χ3v) is 3.58. The fraction of sp³-hybridized carbons (Fsp3) is 0.364. The van der Waals surface area contributed by atoms with Crippen molar-refractivity contribution >= 4 is 29.2 Å². The molecule has 0 spiro atoms. The molecule has 1 amide bonds. The maximum absolute atomic E-state index is 12.3. The number of carboxylic acids is 1. The molecule has 1 aliphatic heterocycles. The third kappa shape index (κ3) is 2.78. The van der Waals surface area contributed by atoms with Crippen LogP contribution in [0.4, 0.5) is 5.69 Å². The second-order valence-electron chi connectivity index (χ2n) is 4.73. The van der Waals surface area contributed by atoms with E-state index >= 15 is 0 Å². The summed E-state index contributed by atoms with van der Waals surface area (Å²) in [4.78, 5) is 38.1. The number of halogens is 1.